The Hall–Kier alpha value is -0.223. The van der Waals surface area contributed by atoms with Crippen molar-refractivity contribution in [3.8, 4) is 0 Å². The summed E-state index contributed by atoms with van der Waals surface area (Å²) in [5.74, 6) is 0. The number of rotatable bonds is 3. The van der Waals surface area contributed by atoms with Crippen molar-refractivity contribution in [1.29, 1.82) is 0 Å². The van der Waals surface area contributed by atoms with Gasteiger partial charge in [0.2, 0.25) is 0 Å². The molecule has 56 valence electrons. The molecule has 0 bridgehead atoms. The van der Waals surface area contributed by atoms with Gasteiger partial charge in [-0.25, -0.2) is 0 Å². The molecule has 0 atom stereocenters. The monoisotopic (exact) mass is 144 g/mol. The summed E-state index contributed by atoms with van der Waals surface area (Å²) < 4.78 is 0. The summed E-state index contributed by atoms with van der Waals surface area (Å²) in [4.78, 5) is 0. The number of aryl methyl sites for hydroxylation is 1. The molecule has 0 aliphatic carbocycles. The third-order valence-electron chi connectivity index (χ3n) is 1.47. The fourth-order valence-corrected chi connectivity index (χ4v) is 0.928. The van der Waals surface area contributed by atoms with Gasteiger partial charge in [-0.15, -0.1) is 0 Å². The molecule has 1 aromatic carbocycles. The van der Waals surface area contributed by atoms with Crippen LogP contribution in [0.2, 0.25) is 0 Å². The van der Waals surface area contributed by atoms with Crippen LogP contribution in [0.3, 0.4) is 0 Å². The van der Waals surface area contributed by atoms with E-state index in [0.717, 1.165) is 12.8 Å². The van der Waals surface area contributed by atoms with E-state index in [1.54, 1.807) is 0 Å². The summed E-state index contributed by atoms with van der Waals surface area (Å²) in [5, 5.41) is 8.53. The van der Waals surface area contributed by atoms with Gasteiger partial charge in [-0.3, -0.25) is 0 Å². The van der Waals surface area contributed by atoms with E-state index >= 15 is 0 Å². The van der Waals surface area contributed by atoms with Crippen LogP contribution in [0.4, 0.5) is 0 Å². The van der Waals surface area contributed by atoms with Crippen LogP contribution in [0.25, 0.3) is 0 Å². The van der Waals surface area contributed by atoms with E-state index in [1.165, 1.54) is 5.56 Å². The molecule has 0 aliphatic rings. The quantitative estimate of drug-likeness (QED) is 0.626. The molecule has 0 amide bonds. The summed E-state index contributed by atoms with van der Waals surface area (Å²) in [5.41, 5.74) is 1.30. The second kappa shape index (κ2) is 6.49. The van der Waals surface area contributed by atoms with E-state index in [1.807, 2.05) is 18.2 Å². The fourth-order valence-electron chi connectivity index (χ4n) is 0.928. The van der Waals surface area contributed by atoms with Crippen LogP contribution in [-0.4, -0.2) is 30.6 Å². The van der Waals surface area contributed by atoms with Gasteiger partial charge in [-0.2, -0.15) is 0 Å². The van der Waals surface area contributed by atoms with E-state index < -0.39 is 0 Å². The Bertz CT molecular complexity index is 174. The van der Waals surface area contributed by atoms with Crippen molar-refractivity contribution in [2.45, 2.75) is 12.8 Å². The second-order valence-corrected chi connectivity index (χ2v) is 2.31. The average molecular weight is 144 g/mol. The molecule has 0 radical (unpaired) electrons. The number of hydrogen-bond acceptors (Lipinski definition) is 1. The van der Waals surface area contributed by atoms with Crippen LogP contribution in [0, 0.1) is 0 Å². The van der Waals surface area contributed by atoms with Crippen molar-refractivity contribution < 1.29 is 5.11 Å². The van der Waals surface area contributed by atoms with Crippen LogP contribution in [0.1, 0.15) is 12.0 Å². The van der Waals surface area contributed by atoms with Gasteiger partial charge in [-0.1, -0.05) is 30.3 Å². The number of aliphatic hydroxyl groups is 1. The Labute approximate surface area is 79.6 Å². The van der Waals surface area contributed by atoms with Gasteiger partial charge in [0, 0.05) is 6.61 Å². The molecule has 1 nitrogen and oxygen atoms in total. The van der Waals surface area contributed by atoms with Gasteiger partial charge in [0.05, 0.1) is 0 Å². The molecular formula is C9H13LiO. The minimum absolute atomic E-state index is 0. The van der Waals surface area contributed by atoms with Gasteiger partial charge in [0.15, 0.2) is 0 Å². The molecule has 0 spiro atoms. The SMILES string of the molecule is OCCCc1ccccc1.[LiH]. The van der Waals surface area contributed by atoms with Crippen molar-refractivity contribution in [2.75, 3.05) is 6.61 Å². The topological polar surface area (TPSA) is 20.2 Å². The van der Waals surface area contributed by atoms with Crippen molar-refractivity contribution in [3.63, 3.8) is 0 Å². The summed E-state index contributed by atoms with van der Waals surface area (Å²) in [7, 11) is 0. The van der Waals surface area contributed by atoms with E-state index in [4.69, 9.17) is 5.11 Å². The summed E-state index contributed by atoms with van der Waals surface area (Å²) >= 11 is 0. The first-order valence-electron chi connectivity index (χ1n) is 3.58. The molecule has 1 aromatic rings. The molecule has 0 aliphatic heterocycles. The third-order valence-corrected chi connectivity index (χ3v) is 1.47. The molecule has 11 heavy (non-hydrogen) atoms. The second-order valence-electron chi connectivity index (χ2n) is 2.31. The van der Waals surface area contributed by atoms with Crippen LogP contribution in [0.5, 0.6) is 0 Å². The predicted molar refractivity (Wildman–Crippen MR) is 49.0 cm³/mol. The van der Waals surface area contributed by atoms with Crippen molar-refractivity contribution >= 4 is 18.9 Å². The first kappa shape index (κ1) is 10.8. The molecule has 0 saturated heterocycles. The standard InChI is InChI=1S/C9H12O.Li.H/c10-8-4-7-9-5-2-1-3-6-9;;/h1-3,5-6,10H,4,7-8H2;;. The molecule has 0 unspecified atom stereocenters. The van der Waals surface area contributed by atoms with Gasteiger partial charge in [-0.05, 0) is 18.4 Å². The van der Waals surface area contributed by atoms with Gasteiger partial charge < -0.3 is 5.11 Å². The maximum absolute atomic E-state index is 8.53. The Kier molecular flexibility index (Phi) is 6.35. The first-order valence-corrected chi connectivity index (χ1v) is 3.58. The van der Waals surface area contributed by atoms with Crippen LogP contribution < -0.4 is 0 Å². The summed E-state index contributed by atoms with van der Waals surface area (Å²) in [6, 6.07) is 10.2. The normalized spacial score (nSPS) is 8.82. The predicted octanol–water partition coefficient (Wildman–Crippen LogP) is 0.963. The van der Waals surface area contributed by atoms with Crippen molar-refractivity contribution in [2.24, 2.45) is 0 Å². The molecule has 0 heterocycles. The summed E-state index contributed by atoms with van der Waals surface area (Å²) in [6.45, 7) is 0.287. The Morgan fingerprint density at radius 2 is 1.73 bits per heavy atom. The van der Waals surface area contributed by atoms with Gasteiger partial charge >= 0.3 is 18.9 Å². The van der Waals surface area contributed by atoms with Crippen LogP contribution >= 0.6 is 0 Å². The van der Waals surface area contributed by atoms with Crippen LogP contribution in [0.15, 0.2) is 30.3 Å². The summed E-state index contributed by atoms with van der Waals surface area (Å²) in [6.07, 6.45) is 1.85. The Morgan fingerprint density at radius 1 is 1.09 bits per heavy atom. The minimum atomic E-state index is 0. The number of aliphatic hydroxyl groups excluding tert-OH is 1. The third kappa shape index (κ3) is 4.26. The Balaban J connectivity index is 0.000001000. The van der Waals surface area contributed by atoms with E-state index in [-0.39, 0.29) is 25.5 Å². The molecular weight excluding hydrogens is 131 g/mol. The van der Waals surface area contributed by atoms with Crippen molar-refractivity contribution in [3.05, 3.63) is 35.9 Å². The van der Waals surface area contributed by atoms with Crippen LogP contribution in [-0.2, 0) is 6.42 Å². The van der Waals surface area contributed by atoms with Crippen molar-refractivity contribution in [1.82, 2.24) is 0 Å². The number of hydrogen-bond donors (Lipinski definition) is 1. The van der Waals surface area contributed by atoms with E-state index in [2.05, 4.69) is 12.1 Å². The zero-order valence-corrected chi connectivity index (χ0v) is 5.96. The van der Waals surface area contributed by atoms with Gasteiger partial charge in [0.1, 0.15) is 0 Å². The first-order chi connectivity index (χ1) is 4.93. The van der Waals surface area contributed by atoms with Gasteiger partial charge in [0.25, 0.3) is 0 Å². The number of benzene rings is 1. The molecule has 1 N–H and O–H groups in total. The average Bonchev–Trinajstić information content (AvgIpc) is 2.03. The molecule has 2 heteroatoms. The molecule has 0 fully saturated rings. The zero-order valence-electron chi connectivity index (χ0n) is 5.96. The maximum atomic E-state index is 8.53. The molecule has 0 aromatic heterocycles. The molecule has 1 rings (SSSR count). The van der Waals surface area contributed by atoms with E-state index in [9.17, 15) is 0 Å². The zero-order chi connectivity index (χ0) is 7.23. The Morgan fingerprint density at radius 3 is 2.27 bits per heavy atom. The molecule has 0 saturated carbocycles. The van der Waals surface area contributed by atoms with E-state index in [0.29, 0.717) is 0 Å². The fraction of sp³-hybridized carbons (Fsp3) is 0.333.